The molecule has 0 radical (unpaired) electrons. The highest BCUT2D eigenvalue weighted by atomic mass is 16.7. The topological polar surface area (TPSA) is 115 Å². The third kappa shape index (κ3) is 7.12. The number of aliphatic hydroxyl groups is 1. The first-order valence-electron chi connectivity index (χ1n) is 11.1. The summed E-state index contributed by atoms with van der Waals surface area (Å²) in [6, 6.07) is 18.4. The lowest BCUT2D eigenvalue weighted by Crippen LogP contribution is -2.62. The first-order valence-corrected chi connectivity index (χ1v) is 11.1. The Balaban J connectivity index is 1.88. The molecule has 0 aromatic heterocycles. The maximum absolute atomic E-state index is 10.9. The average molecular weight is 470 g/mol. The van der Waals surface area contributed by atoms with Gasteiger partial charge in [0.1, 0.15) is 30.5 Å². The van der Waals surface area contributed by atoms with Crippen molar-refractivity contribution < 1.29 is 28.8 Å². The van der Waals surface area contributed by atoms with Crippen LogP contribution >= 0.6 is 0 Å². The van der Waals surface area contributed by atoms with Crippen molar-refractivity contribution in [3.63, 3.8) is 0 Å². The van der Waals surface area contributed by atoms with Gasteiger partial charge in [0, 0.05) is 12.0 Å². The van der Waals surface area contributed by atoms with Gasteiger partial charge in [0.15, 0.2) is 6.29 Å². The zero-order chi connectivity index (χ0) is 24.2. The first-order chi connectivity index (χ1) is 16.7. The Kier molecular flexibility index (Phi) is 10.5. The van der Waals surface area contributed by atoms with E-state index in [1.54, 1.807) is 6.08 Å². The van der Waals surface area contributed by atoms with E-state index in [1.165, 1.54) is 7.11 Å². The molecule has 3 rings (SSSR count). The molecule has 0 spiro atoms. The van der Waals surface area contributed by atoms with Crippen LogP contribution in [0.15, 0.2) is 78.4 Å². The largest absolute Gasteiger partial charge is 0.388 e. The van der Waals surface area contributed by atoms with Crippen molar-refractivity contribution in [2.24, 2.45) is 5.11 Å². The van der Waals surface area contributed by atoms with Gasteiger partial charge in [0.25, 0.3) is 0 Å². The number of azide groups is 1. The van der Waals surface area contributed by atoms with E-state index in [-0.39, 0.29) is 26.4 Å². The number of rotatable bonds is 13. The molecule has 9 heteroatoms. The van der Waals surface area contributed by atoms with Crippen molar-refractivity contribution in [2.45, 2.75) is 50.0 Å². The Morgan fingerprint density at radius 1 is 1.06 bits per heavy atom. The van der Waals surface area contributed by atoms with Crippen LogP contribution in [-0.4, -0.2) is 62.2 Å². The summed E-state index contributed by atoms with van der Waals surface area (Å²) in [6.45, 7) is 4.39. The van der Waals surface area contributed by atoms with Crippen LogP contribution in [0.1, 0.15) is 11.1 Å². The van der Waals surface area contributed by atoms with Gasteiger partial charge < -0.3 is 28.8 Å². The quantitative estimate of drug-likeness (QED) is 0.157. The lowest BCUT2D eigenvalue weighted by atomic mass is 9.93. The monoisotopic (exact) mass is 469 g/mol. The van der Waals surface area contributed by atoms with Gasteiger partial charge in [-0.2, -0.15) is 0 Å². The van der Waals surface area contributed by atoms with Crippen LogP contribution in [0.5, 0.6) is 0 Å². The van der Waals surface area contributed by atoms with E-state index in [9.17, 15) is 10.6 Å². The van der Waals surface area contributed by atoms with Gasteiger partial charge in [-0.15, -0.1) is 6.58 Å². The van der Waals surface area contributed by atoms with Gasteiger partial charge >= 0.3 is 0 Å². The van der Waals surface area contributed by atoms with E-state index in [0.29, 0.717) is 0 Å². The Labute approximate surface area is 199 Å². The lowest BCUT2D eigenvalue weighted by Gasteiger charge is -2.45. The van der Waals surface area contributed by atoms with Crippen LogP contribution in [0.2, 0.25) is 0 Å². The number of benzene rings is 2. The molecule has 1 aliphatic rings. The van der Waals surface area contributed by atoms with Crippen molar-refractivity contribution in [3.05, 3.63) is 94.9 Å². The second kappa shape index (κ2) is 13.8. The summed E-state index contributed by atoms with van der Waals surface area (Å²) >= 11 is 0. The van der Waals surface area contributed by atoms with E-state index < -0.39 is 36.7 Å². The average Bonchev–Trinajstić information content (AvgIpc) is 2.88. The predicted molar refractivity (Wildman–Crippen MR) is 126 cm³/mol. The minimum atomic E-state index is -1.05. The molecular weight excluding hydrogens is 438 g/mol. The van der Waals surface area contributed by atoms with E-state index >= 15 is 0 Å². The van der Waals surface area contributed by atoms with Crippen molar-refractivity contribution in [1.29, 1.82) is 0 Å². The van der Waals surface area contributed by atoms with Crippen molar-refractivity contribution in [3.8, 4) is 0 Å². The highest BCUT2D eigenvalue weighted by molar-refractivity contribution is 5.15. The maximum atomic E-state index is 10.9. The van der Waals surface area contributed by atoms with Crippen molar-refractivity contribution >= 4 is 0 Å². The Morgan fingerprint density at radius 2 is 1.65 bits per heavy atom. The van der Waals surface area contributed by atoms with E-state index in [1.807, 2.05) is 60.7 Å². The van der Waals surface area contributed by atoms with Gasteiger partial charge in [0.05, 0.1) is 26.4 Å². The molecule has 0 saturated carbocycles. The molecule has 2 aromatic carbocycles. The van der Waals surface area contributed by atoms with Gasteiger partial charge in [-0.25, -0.2) is 0 Å². The van der Waals surface area contributed by atoms with Gasteiger partial charge in [-0.1, -0.05) is 71.9 Å². The van der Waals surface area contributed by atoms with Crippen LogP contribution in [0.4, 0.5) is 0 Å². The van der Waals surface area contributed by atoms with Gasteiger partial charge in [-0.05, 0) is 16.7 Å². The molecule has 1 fully saturated rings. The fourth-order valence-electron chi connectivity index (χ4n) is 3.82. The summed E-state index contributed by atoms with van der Waals surface area (Å²) in [4.78, 5) is 2.98. The Hall–Kier alpha value is -2.75. The Morgan fingerprint density at radius 3 is 2.18 bits per heavy atom. The lowest BCUT2D eigenvalue weighted by molar-refractivity contribution is -0.291. The molecule has 34 heavy (non-hydrogen) atoms. The Bertz CT molecular complexity index is 909. The number of aliphatic hydroxyl groups excluding tert-OH is 1. The molecule has 0 aliphatic carbocycles. The number of nitrogens with zero attached hydrogens (tertiary/aromatic N) is 3. The van der Waals surface area contributed by atoms with Crippen LogP contribution in [0.25, 0.3) is 10.4 Å². The molecule has 1 aliphatic heterocycles. The second-order valence-electron chi connectivity index (χ2n) is 7.82. The van der Waals surface area contributed by atoms with Gasteiger partial charge in [0.2, 0.25) is 0 Å². The number of ether oxygens (including phenoxy) is 5. The first kappa shape index (κ1) is 25.9. The standard InChI is InChI=1S/C25H31N3O6/c1-3-14-31-17-20(29)22-24(33-16-19-12-8-5-9-13-19)23(21(27-28-26)25(30-2)34-22)32-15-18-10-6-4-7-11-18/h3-13,20-25,29H,1,14-17H2,2H3/t20-,21+,22-,23-,24-,25+/m1/s1. The minimum Gasteiger partial charge on any atom is -0.388 e. The third-order valence-corrected chi connectivity index (χ3v) is 5.45. The summed E-state index contributed by atoms with van der Waals surface area (Å²) in [6.07, 6.45) is -2.77. The molecule has 1 saturated heterocycles. The predicted octanol–water partition coefficient (Wildman–Crippen LogP) is 3.77. The zero-order valence-corrected chi connectivity index (χ0v) is 19.2. The molecule has 182 valence electrons. The minimum absolute atomic E-state index is 0.00406. The van der Waals surface area contributed by atoms with E-state index in [2.05, 4.69) is 16.6 Å². The fraction of sp³-hybridized carbons (Fsp3) is 0.440. The maximum Gasteiger partial charge on any atom is 0.168 e. The molecule has 6 atom stereocenters. The molecule has 0 unspecified atom stereocenters. The summed E-state index contributed by atoms with van der Waals surface area (Å²) in [5, 5.41) is 14.8. The molecule has 2 aromatic rings. The van der Waals surface area contributed by atoms with Crippen LogP contribution in [-0.2, 0) is 36.9 Å². The second-order valence-corrected chi connectivity index (χ2v) is 7.82. The molecular formula is C25H31N3O6. The van der Waals surface area contributed by atoms with E-state index in [4.69, 9.17) is 23.7 Å². The SMILES string of the molecule is C=CCOC[C@@H](O)[C@H]1O[C@H](OC)[C@@H](N=[N+]=[N-])[C@@H](OCc2ccccc2)[C@@H]1OCc1ccccc1. The van der Waals surface area contributed by atoms with E-state index in [0.717, 1.165) is 11.1 Å². The fourth-order valence-corrected chi connectivity index (χ4v) is 3.82. The molecule has 0 bridgehead atoms. The zero-order valence-electron chi connectivity index (χ0n) is 19.2. The van der Waals surface area contributed by atoms with Crippen molar-refractivity contribution in [1.82, 2.24) is 0 Å². The van der Waals surface area contributed by atoms with Crippen LogP contribution < -0.4 is 0 Å². The molecule has 9 nitrogen and oxygen atoms in total. The number of methoxy groups -OCH3 is 1. The summed E-state index contributed by atoms with van der Waals surface area (Å²) in [7, 11) is 1.45. The number of hydrogen-bond acceptors (Lipinski definition) is 7. The van der Waals surface area contributed by atoms with Crippen LogP contribution in [0.3, 0.4) is 0 Å². The molecule has 0 amide bonds. The van der Waals surface area contributed by atoms with Crippen LogP contribution in [0, 0.1) is 0 Å². The summed E-state index contributed by atoms with van der Waals surface area (Å²) < 4.78 is 29.5. The number of hydrogen-bond donors (Lipinski definition) is 1. The normalized spacial score (nSPS) is 25.3. The third-order valence-electron chi connectivity index (χ3n) is 5.45. The highest BCUT2D eigenvalue weighted by Gasteiger charge is 2.50. The van der Waals surface area contributed by atoms with Crippen molar-refractivity contribution in [2.75, 3.05) is 20.3 Å². The van der Waals surface area contributed by atoms with Gasteiger partial charge in [-0.3, -0.25) is 0 Å². The summed E-state index contributed by atoms with van der Waals surface area (Å²) in [5.74, 6) is 0. The summed E-state index contributed by atoms with van der Waals surface area (Å²) in [5.41, 5.74) is 11.1. The molecule has 1 heterocycles. The smallest absolute Gasteiger partial charge is 0.168 e. The molecule has 1 N–H and O–H groups in total. The highest BCUT2D eigenvalue weighted by Crippen LogP contribution is 2.32.